The first-order valence-corrected chi connectivity index (χ1v) is 9.43. The van der Waals surface area contributed by atoms with Gasteiger partial charge in [0, 0.05) is 18.2 Å². The van der Waals surface area contributed by atoms with Crippen molar-refractivity contribution < 1.29 is 17.9 Å². The maximum absolute atomic E-state index is 12.4. The third-order valence-electron chi connectivity index (χ3n) is 3.27. The van der Waals surface area contributed by atoms with Crippen LogP contribution in [0.15, 0.2) is 23.1 Å². The monoisotopic (exact) mass is 356 g/mol. The molecule has 7 heteroatoms. The minimum Gasteiger partial charge on any atom is -0.495 e. The van der Waals surface area contributed by atoms with Gasteiger partial charge in [-0.2, -0.15) is 0 Å². The van der Waals surface area contributed by atoms with Gasteiger partial charge in [0.25, 0.3) is 5.91 Å². The fourth-order valence-electron chi connectivity index (χ4n) is 2.05. The lowest BCUT2D eigenvalue weighted by Gasteiger charge is -2.18. The number of rotatable bonds is 7. The summed E-state index contributed by atoms with van der Waals surface area (Å²) < 4.78 is 32.5. The number of hydrogen-bond acceptors (Lipinski definition) is 4. The number of amides is 1. The molecule has 0 aliphatic heterocycles. The van der Waals surface area contributed by atoms with Crippen molar-refractivity contribution in [1.29, 1.82) is 0 Å². The summed E-state index contributed by atoms with van der Waals surface area (Å²) in [6.07, 6.45) is 0.828. The third kappa shape index (κ3) is 6.13. The van der Waals surface area contributed by atoms with Gasteiger partial charge in [-0.25, -0.2) is 13.1 Å². The standard InChI is InChI=1S/C17H28N2O4S/c1-12(2)19-24(21,22)15-11-13(7-8-14(15)23-6)16(20)18-10-9-17(3,4)5/h7-8,11-12,19H,9-10H2,1-6H3,(H,18,20). The van der Waals surface area contributed by atoms with Crippen LogP contribution >= 0.6 is 0 Å². The molecule has 24 heavy (non-hydrogen) atoms. The van der Waals surface area contributed by atoms with Crippen molar-refractivity contribution in [2.24, 2.45) is 5.41 Å². The highest BCUT2D eigenvalue weighted by Gasteiger charge is 2.22. The fourth-order valence-corrected chi connectivity index (χ4v) is 3.50. The van der Waals surface area contributed by atoms with Crippen molar-refractivity contribution in [1.82, 2.24) is 10.0 Å². The number of ether oxygens (including phenoxy) is 1. The number of hydrogen-bond donors (Lipinski definition) is 2. The summed E-state index contributed by atoms with van der Waals surface area (Å²) in [6.45, 7) is 10.3. The van der Waals surface area contributed by atoms with Crippen LogP contribution in [0, 0.1) is 5.41 Å². The van der Waals surface area contributed by atoms with Crippen LogP contribution in [0.5, 0.6) is 5.75 Å². The Morgan fingerprint density at radius 3 is 2.38 bits per heavy atom. The molecule has 0 fully saturated rings. The van der Waals surface area contributed by atoms with Crippen LogP contribution in [-0.4, -0.2) is 34.0 Å². The van der Waals surface area contributed by atoms with E-state index in [2.05, 4.69) is 30.8 Å². The van der Waals surface area contributed by atoms with Gasteiger partial charge in [-0.15, -0.1) is 0 Å². The van der Waals surface area contributed by atoms with Crippen LogP contribution in [0.3, 0.4) is 0 Å². The second-order valence-electron chi connectivity index (χ2n) is 7.21. The Morgan fingerprint density at radius 1 is 1.25 bits per heavy atom. The van der Waals surface area contributed by atoms with Crippen molar-refractivity contribution in [3.05, 3.63) is 23.8 Å². The van der Waals surface area contributed by atoms with E-state index in [0.717, 1.165) is 6.42 Å². The van der Waals surface area contributed by atoms with Crippen LogP contribution in [0.2, 0.25) is 0 Å². The molecule has 1 aromatic carbocycles. The minimum absolute atomic E-state index is 0.0397. The minimum atomic E-state index is -3.76. The zero-order valence-electron chi connectivity index (χ0n) is 15.3. The normalized spacial score (nSPS) is 12.3. The molecular weight excluding hydrogens is 328 g/mol. The summed E-state index contributed by atoms with van der Waals surface area (Å²) in [5, 5.41) is 2.82. The summed E-state index contributed by atoms with van der Waals surface area (Å²) >= 11 is 0. The van der Waals surface area contributed by atoms with E-state index < -0.39 is 10.0 Å². The molecule has 2 N–H and O–H groups in total. The van der Waals surface area contributed by atoms with Crippen molar-refractivity contribution in [3.63, 3.8) is 0 Å². The molecule has 0 spiro atoms. The molecule has 0 unspecified atom stereocenters. The van der Waals surface area contributed by atoms with Crippen molar-refractivity contribution in [3.8, 4) is 5.75 Å². The second-order valence-corrected chi connectivity index (χ2v) is 8.89. The van der Waals surface area contributed by atoms with E-state index in [9.17, 15) is 13.2 Å². The lowest BCUT2D eigenvalue weighted by Crippen LogP contribution is -2.31. The number of methoxy groups -OCH3 is 1. The first kappa shape index (κ1) is 20.4. The van der Waals surface area contributed by atoms with E-state index in [-0.39, 0.29) is 33.6 Å². The zero-order chi connectivity index (χ0) is 18.5. The molecule has 6 nitrogen and oxygen atoms in total. The van der Waals surface area contributed by atoms with Crippen molar-refractivity contribution >= 4 is 15.9 Å². The van der Waals surface area contributed by atoms with Gasteiger partial charge in [0.1, 0.15) is 10.6 Å². The largest absolute Gasteiger partial charge is 0.495 e. The molecule has 1 aromatic rings. The number of sulfonamides is 1. The molecule has 1 amide bonds. The summed E-state index contributed by atoms with van der Waals surface area (Å²) in [7, 11) is -2.36. The van der Waals surface area contributed by atoms with Gasteiger partial charge in [0.05, 0.1) is 7.11 Å². The van der Waals surface area contributed by atoms with Crippen LogP contribution in [0.4, 0.5) is 0 Å². The second kappa shape index (κ2) is 7.98. The molecule has 0 heterocycles. The molecule has 0 aromatic heterocycles. The number of carbonyl (C=O) groups excluding carboxylic acids is 1. The van der Waals surface area contributed by atoms with E-state index >= 15 is 0 Å². The van der Waals surface area contributed by atoms with E-state index in [1.54, 1.807) is 19.9 Å². The number of benzene rings is 1. The maximum Gasteiger partial charge on any atom is 0.251 e. The Kier molecular flexibility index (Phi) is 6.80. The Labute approximate surface area is 145 Å². The summed E-state index contributed by atoms with van der Waals surface area (Å²) in [5.74, 6) is -0.0997. The molecule has 0 aliphatic rings. The highest BCUT2D eigenvalue weighted by atomic mass is 32.2. The molecule has 0 saturated carbocycles. The lowest BCUT2D eigenvalue weighted by molar-refractivity contribution is 0.0949. The molecule has 0 radical (unpaired) electrons. The van der Waals surface area contributed by atoms with Crippen molar-refractivity contribution in [2.75, 3.05) is 13.7 Å². The van der Waals surface area contributed by atoms with Crippen molar-refractivity contribution in [2.45, 2.75) is 52.0 Å². The van der Waals surface area contributed by atoms with Crippen LogP contribution in [0.1, 0.15) is 51.4 Å². The number of carbonyl (C=O) groups is 1. The van der Waals surface area contributed by atoms with Crippen LogP contribution in [-0.2, 0) is 10.0 Å². The van der Waals surface area contributed by atoms with Gasteiger partial charge in [-0.1, -0.05) is 20.8 Å². The van der Waals surface area contributed by atoms with Crippen LogP contribution < -0.4 is 14.8 Å². The Morgan fingerprint density at radius 2 is 1.88 bits per heavy atom. The molecule has 0 saturated heterocycles. The average molecular weight is 356 g/mol. The van der Waals surface area contributed by atoms with Gasteiger partial charge in [-0.3, -0.25) is 4.79 Å². The first-order chi connectivity index (χ1) is 11.0. The van der Waals surface area contributed by atoms with E-state index in [0.29, 0.717) is 6.54 Å². The predicted octanol–water partition coefficient (Wildman–Crippen LogP) is 2.55. The molecule has 136 valence electrons. The first-order valence-electron chi connectivity index (χ1n) is 7.95. The zero-order valence-corrected chi connectivity index (χ0v) is 16.1. The molecule has 1 rings (SSSR count). The highest BCUT2D eigenvalue weighted by molar-refractivity contribution is 7.89. The predicted molar refractivity (Wildman–Crippen MR) is 94.9 cm³/mol. The van der Waals surface area contributed by atoms with Gasteiger partial charge < -0.3 is 10.1 Å². The number of nitrogens with one attached hydrogen (secondary N) is 2. The molecule has 0 bridgehead atoms. The third-order valence-corrected chi connectivity index (χ3v) is 4.95. The summed E-state index contributed by atoms with van der Waals surface area (Å²) in [5.41, 5.74) is 0.400. The summed E-state index contributed by atoms with van der Waals surface area (Å²) in [6, 6.07) is 4.13. The maximum atomic E-state index is 12.4. The van der Waals surface area contributed by atoms with Gasteiger partial charge in [0.2, 0.25) is 10.0 Å². The van der Waals surface area contributed by atoms with Gasteiger partial charge in [0.15, 0.2) is 0 Å². The Balaban J connectivity index is 3.03. The quantitative estimate of drug-likeness (QED) is 0.786. The molecular formula is C17H28N2O4S. The SMILES string of the molecule is COc1ccc(C(=O)NCCC(C)(C)C)cc1S(=O)(=O)NC(C)C. The molecule has 0 aliphatic carbocycles. The van der Waals surface area contributed by atoms with Crippen LogP contribution in [0.25, 0.3) is 0 Å². The fraction of sp³-hybridized carbons (Fsp3) is 0.588. The van der Waals surface area contributed by atoms with E-state index in [1.807, 2.05) is 0 Å². The highest BCUT2D eigenvalue weighted by Crippen LogP contribution is 2.25. The van der Waals surface area contributed by atoms with Gasteiger partial charge >= 0.3 is 0 Å². The average Bonchev–Trinajstić information content (AvgIpc) is 2.43. The summed E-state index contributed by atoms with van der Waals surface area (Å²) in [4.78, 5) is 12.2. The topological polar surface area (TPSA) is 84.5 Å². The van der Waals surface area contributed by atoms with E-state index in [4.69, 9.17) is 4.74 Å². The Bertz CT molecular complexity index is 676. The smallest absolute Gasteiger partial charge is 0.251 e. The van der Waals surface area contributed by atoms with Gasteiger partial charge in [-0.05, 0) is 43.9 Å². The Hall–Kier alpha value is -1.60. The van der Waals surface area contributed by atoms with E-state index in [1.165, 1.54) is 19.2 Å². The lowest BCUT2D eigenvalue weighted by atomic mass is 9.92. The molecule has 0 atom stereocenters.